The molecular formula is C25H21ClOSi2. The lowest BCUT2D eigenvalue weighted by Crippen LogP contribution is -2.42. The molecule has 0 amide bonds. The van der Waals surface area contributed by atoms with Crippen molar-refractivity contribution < 1.29 is 4.43 Å². The van der Waals surface area contributed by atoms with Crippen LogP contribution in [0, 0.1) is 0 Å². The number of benzene rings is 5. The van der Waals surface area contributed by atoms with Gasteiger partial charge in [0.25, 0.3) is 0 Å². The van der Waals surface area contributed by atoms with Crippen molar-refractivity contribution in [3.63, 3.8) is 0 Å². The van der Waals surface area contributed by atoms with E-state index in [1.807, 2.05) is 0 Å². The second kappa shape index (κ2) is 6.96. The lowest BCUT2D eigenvalue weighted by Gasteiger charge is -2.23. The van der Waals surface area contributed by atoms with Crippen molar-refractivity contribution in [3.05, 3.63) is 77.8 Å². The summed E-state index contributed by atoms with van der Waals surface area (Å²) in [6, 6.07) is 28.2. The average molecular weight is 429 g/mol. The Hall–Kier alpha value is -2.18. The van der Waals surface area contributed by atoms with Crippen LogP contribution in [0.5, 0.6) is 0 Å². The van der Waals surface area contributed by atoms with E-state index in [0.29, 0.717) is 0 Å². The van der Waals surface area contributed by atoms with E-state index in [2.05, 4.69) is 72.8 Å². The zero-order valence-electron chi connectivity index (χ0n) is 16.1. The first-order chi connectivity index (χ1) is 14.3. The Morgan fingerprint density at radius 1 is 0.724 bits per heavy atom. The first-order valence-corrected chi connectivity index (χ1v) is 15.9. The van der Waals surface area contributed by atoms with E-state index in [-0.39, 0.29) is 0 Å². The van der Waals surface area contributed by atoms with Crippen molar-refractivity contribution in [2.75, 3.05) is 6.61 Å². The fourth-order valence-corrected chi connectivity index (χ4v) is 13.6. The molecule has 1 heterocycles. The van der Waals surface area contributed by atoms with Gasteiger partial charge in [-0.1, -0.05) is 60.1 Å². The van der Waals surface area contributed by atoms with Crippen molar-refractivity contribution >= 4 is 77.5 Å². The number of hydrogen-bond donors (Lipinski definition) is 0. The van der Waals surface area contributed by atoms with E-state index in [9.17, 15) is 0 Å². The van der Waals surface area contributed by atoms with Gasteiger partial charge in [0.1, 0.15) is 0 Å². The summed E-state index contributed by atoms with van der Waals surface area (Å²) in [5, 5.41) is 12.9. The molecule has 5 aromatic rings. The van der Waals surface area contributed by atoms with E-state index in [1.165, 1.54) is 60.7 Å². The zero-order valence-corrected chi connectivity index (χ0v) is 19.4. The topological polar surface area (TPSA) is 9.23 Å². The van der Waals surface area contributed by atoms with E-state index in [0.717, 1.165) is 11.6 Å². The Morgan fingerprint density at radius 3 is 2.14 bits per heavy atom. The Morgan fingerprint density at radius 2 is 1.38 bits per heavy atom. The van der Waals surface area contributed by atoms with Gasteiger partial charge >= 0.3 is 0 Å². The summed E-state index contributed by atoms with van der Waals surface area (Å²) in [5.41, 5.74) is 0. The highest BCUT2D eigenvalue weighted by molar-refractivity contribution is 7.18. The minimum absolute atomic E-state index is 0.451. The molecule has 6 rings (SSSR count). The van der Waals surface area contributed by atoms with Gasteiger partial charge in [0, 0.05) is 11.6 Å². The third-order valence-corrected chi connectivity index (χ3v) is 14.7. The minimum atomic E-state index is -1.07. The lowest BCUT2D eigenvalue weighted by atomic mass is 9.96. The van der Waals surface area contributed by atoms with Crippen LogP contribution in [0.25, 0.3) is 43.1 Å². The molecule has 1 unspecified atom stereocenters. The fraction of sp³-hybridized carbons (Fsp3) is 0.120. The fourth-order valence-electron chi connectivity index (χ4n) is 4.95. The Labute approximate surface area is 178 Å². The Bertz CT molecular complexity index is 1410. The average Bonchev–Trinajstić information content (AvgIpc) is 2.77. The molecule has 0 bridgehead atoms. The molecular weight excluding hydrogens is 408 g/mol. The quantitative estimate of drug-likeness (QED) is 0.197. The van der Waals surface area contributed by atoms with Gasteiger partial charge in [-0.25, -0.2) is 0 Å². The third kappa shape index (κ3) is 2.92. The van der Waals surface area contributed by atoms with Crippen LogP contribution in [0.15, 0.2) is 72.8 Å². The van der Waals surface area contributed by atoms with E-state index < -0.39 is 17.6 Å². The zero-order chi connectivity index (χ0) is 19.4. The molecule has 0 aromatic heterocycles. The predicted molar refractivity (Wildman–Crippen MR) is 132 cm³/mol. The highest BCUT2D eigenvalue weighted by atomic mass is 35.5. The summed E-state index contributed by atoms with van der Waals surface area (Å²) in [6.45, 7) is 0.957. The van der Waals surface area contributed by atoms with Crippen LogP contribution in [0.3, 0.4) is 0 Å². The molecule has 1 nitrogen and oxygen atoms in total. The van der Waals surface area contributed by atoms with Gasteiger partial charge in [0.2, 0.25) is 0 Å². The number of fused-ring (bicyclic) bond motifs is 5. The van der Waals surface area contributed by atoms with Crippen LogP contribution >= 0.6 is 11.6 Å². The first-order valence-electron chi connectivity index (χ1n) is 10.3. The third-order valence-electron chi connectivity index (χ3n) is 6.40. The summed E-state index contributed by atoms with van der Waals surface area (Å²) in [6.07, 6.45) is 1.19. The maximum atomic E-state index is 6.79. The largest absolute Gasteiger partial charge is 0.427 e. The summed E-state index contributed by atoms with van der Waals surface area (Å²) in [4.78, 5) is 0. The summed E-state index contributed by atoms with van der Waals surface area (Å²) in [7, 11) is -1.52. The Balaban J connectivity index is 1.69. The molecule has 1 aliphatic rings. The summed E-state index contributed by atoms with van der Waals surface area (Å²) in [5.74, 6) is 0. The molecule has 0 N–H and O–H groups in total. The van der Waals surface area contributed by atoms with E-state index in [1.54, 1.807) is 0 Å². The molecule has 1 aliphatic heterocycles. The number of rotatable bonds is 1. The second-order valence-electron chi connectivity index (χ2n) is 8.16. The van der Waals surface area contributed by atoms with Gasteiger partial charge in [-0.2, -0.15) is 0 Å². The molecule has 1 saturated heterocycles. The molecule has 1 fully saturated rings. The van der Waals surface area contributed by atoms with Crippen molar-refractivity contribution in [1.82, 2.24) is 0 Å². The van der Waals surface area contributed by atoms with Crippen LogP contribution in [0.2, 0.25) is 11.1 Å². The van der Waals surface area contributed by atoms with Crippen LogP contribution < -0.4 is 5.19 Å². The standard InChI is InChI=1S/C25H21ClOSi2/c26-24-9-8-20-13-19-7-6-18-12-16-4-1-2-5-17(16)14-21(18)22(19)15-23(20)25(24)29-11-3-10-27-28-29/h1-2,4-9,12-15,29H,3,10-11,28H2. The summed E-state index contributed by atoms with van der Waals surface area (Å²) >= 11 is 6.79. The molecule has 29 heavy (non-hydrogen) atoms. The molecule has 0 saturated carbocycles. The molecule has 142 valence electrons. The first kappa shape index (κ1) is 17.7. The van der Waals surface area contributed by atoms with Gasteiger partial charge in [-0.3, -0.25) is 0 Å². The van der Waals surface area contributed by atoms with E-state index in [4.69, 9.17) is 16.0 Å². The lowest BCUT2D eigenvalue weighted by molar-refractivity contribution is 0.336. The van der Waals surface area contributed by atoms with Crippen LogP contribution in [-0.4, -0.2) is 24.2 Å². The molecule has 1 atom stereocenters. The highest BCUT2D eigenvalue weighted by Crippen LogP contribution is 2.33. The van der Waals surface area contributed by atoms with Crippen LogP contribution in [0.1, 0.15) is 6.42 Å². The maximum Gasteiger partial charge on any atom is 0.152 e. The molecule has 0 spiro atoms. The van der Waals surface area contributed by atoms with Gasteiger partial charge < -0.3 is 4.43 Å². The van der Waals surface area contributed by atoms with Gasteiger partial charge in [-0.15, -0.1) is 0 Å². The highest BCUT2D eigenvalue weighted by Gasteiger charge is 2.23. The monoisotopic (exact) mass is 428 g/mol. The van der Waals surface area contributed by atoms with Crippen molar-refractivity contribution in [1.29, 1.82) is 0 Å². The van der Waals surface area contributed by atoms with Crippen molar-refractivity contribution in [2.24, 2.45) is 0 Å². The predicted octanol–water partition coefficient (Wildman–Crippen LogP) is 5.39. The van der Waals surface area contributed by atoms with Crippen LogP contribution in [0.4, 0.5) is 0 Å². The SMILES string of the molecule is Clc1ccc2cc3ccc4cc5ccccc5cc4c3cc2c1[SiH]1CCCO[SiH2]1. The number of hydrogen-bond acceptors (Lipinski definition) is 1. The Kier molecular flexibility index (Phi) is 4.24. The molecule has 4 heteroatoms. The van der Waals surface area contributed by atoms with Crippen molar-refractivity contribution in [2.45, 2.75) is 12.5 Å². The molecule has 0 radical (unpaired) electrons. The van der Waals surface area contributed by atoms with Gasteiger partial charge in [-0.05, 0) is 85.0 Å². The van der Waals surface area contributed by atoms with Gasteiger partial charge in [0.05, 0.1) is 8.31 Å². The van der Waals surface area contributed by atoms with Crippen LogP contribution in [-0.2, 0) is 4.43 Å². The normalized spacial score (nSPS) is 18.3. The smallest absolute Gasteiger partial charge is 0.152 e. The maximum absolute atomic E-state index is 6.79. The van der Waals surface area contributed by atoms with Crippen molar-refractivity contribution in [3.8, 4) is 0 Å². The minimum Gasteiger partial charge on any atom is -0.427 e. The van der Waals surface area contributed by atoms with E-state index >= 15 is 0 Å². The molecule has 0 aliphatic carbocycles. The van der Waals surface area contributed by atoms with Gasteiger partial charge in [0.15, 0.2) is 9.28 Å². The summed E-state index contributed by atoms with van der Waals surface area (Å²) < 4.78 is 5.99. The number of halogens is 1. The molecule has 5 aromatic carbocycles. The second-order valence-corrected chi connectivity index (χ2v) is 15.8.